The number of nitrogens with one attached hydrogen (secondary N) is 1. The van der Waals surface area contributed by atoms with E-state index in [4.69, 9.17) is 0 Å². The molecule has 1 unspecified atom stereocenters. The highest BCUT2D eigenvalue weighted by molar-refractivity contribution is 6.04. The highest BCUT2D eigenvalue weighted by Crippen LogP contribution is 2.29. The molecule has 2 fully saturated rings. The molecule has 0 radical (unpaired) electrons. The second-order valence-electron chi connectivity index (χ2n) is 7.73. The van der Waals surface area contributed by atoms with E-state index in [1.54, 1.807) is 4.90 Å². The Morgan fingerprint density at radius 2 is 1.79 bits per heavy atom. The Bertz CT molecular complexity index is 942. The summed E-state index contributed by atoms with van der Waals surface area (Å²) in [6.45, 7) is 3.05. The third-order valence-corrected chi connectivity index (χ3v) is 5.65. The first-order valence-electron chi connectivity index (χ1n) is 10.1. The molecule has 0 saturated carbocycles. The van der Waals surface area contributed by atoms with Crippen molar-refractivity contribution in [3.63, 3.8) is 0 Å². The quantitative estimate of drug-likeness (QED) is 0.867. The van der Waals surface area contributed by atoms with Crippen LogP contribution < -0.4 is 15.1 Å². The zero-order valence-corrected chi connectivity index (χ0v) is 16.6. The van der Waals surface area contributed by atoms with Gasteiger partial charge < -0.3 is 15.1 Å². The third-order valence-electron chi connectivity index (χ3n) is 5.65. The van der Waals surface area contributed by atoms with Gasteiger partial charge in [0, 0.05) is 43.0 Å². The molecule has 150 valence electrons. The lowest BCUT2D eigenvalue weighted by atomic mass is 10.1. The van der Waals surface area contributed by atoms with Crippen molar-refractivity contribution in [3.8, 4) is 0 Å². The van der Waals surface area contributed by atoms with Gasteiger partial charge in [-0.05, 0) is 49.6 Å². The summed E-state index contributed by atoms with van der Waals surface area (Å²) >= 11 is 0. The molecule has 2 aliphatic heterocycles. The van der Waals surface area contributed by atoms with Gasteiger partial charge in [-0.15, -0.1) is 0 Å². The molecule has 2 saturated heterocycles. The van der Waals surface area contributed by atoms with Gasteiger partial charge in [-0.3, -0.25) is 14.4 Å². The molecule has 2 aromatic rings. The molecule has 1 N–H and O–H groups in total. The van der Waals surface area contributed by atoms with Crippen molar-refractivity contribution in [1.29, 1.82) is 0 Å². The van der Waals surface area contributed by atoms with Crippen LogP contribution in [0.3, 0.4) is 0 Å². The zero-order chi connectivity index (χ0) is 20.4. The van der Waals surface area contributed by atoms with Crippen molar-refractivity contribution in [1.82, 2.24) is 0 Å². The third kappa shape index (κ3) is 4.01. The molecule has 3 amide bonds. The van der Waals surface area contributed by atoms with Crippen molar-refractivity contribution in [2.75, 3.05) is 28.2 Å². The molecule has 0 spiro atoms. The van der Waals surface area contributed by atoms with Crippen molar-refractivity contribution < 1.29 is 14.4 Å². The van der Waals surface area contributed by atoms with Gasteiger partial charge in [0.05, 0.1) is 5.92 Å². The van der Waals surface area contributed by atoms with Crippen LogP contribution in [0.5, 0.6) is 0 Å². The smallest absolute Gasteiger partial charge is 0.229 e. The Morgan fingerprint density at radius 3 is 2.55 bits per heavy atom. The van der Waals surface area contributed by atoms with E-state index in [1.807, 2.05) is 60.4 Å². The molecule has 2 heterocycles. The zero-order valence-electron chi connectivity index (χ0n) is 16.6. The first-order chi connectivity index (χ1) is 14.0. The van der Waals surface area contributed by atoms with Crippen LogP contribution in [0.4, 0.5) is 17.1 Å². The average Bonchev–Trinajstić information content (AvgIpc) is 3.12. The Kier molecular flexibility index (Phi) is 5.34. The van der Waals surface area contributed by atoms with Crippen molar-refractivity contribution in [2.24, 2.45) is 5.92 Å². The average molecular weight is 391 g/mol. The highest BCUT2D eigenvalue weighted by Gasteiger charge is 2.35. The maximum atomic E-state index is 12.8. The summed E-state index contributed by atoms with van der Waals surface area (Å²) in [6, 6.07) is 15.0. The molecule has 0 aromatic heterocycles. The maximum absolute atomic E-state index is 12.8. The van der Waals surface area contributed by atoms with Crippen LogP contribution in [0.15, 0.2) is 48.5 Å². The number of hydrogen-bond donors (Lipinski definition) is 1. The van der Waals surface area contributed by atoms with Crippen LogP contribution in [0.2, 0.25) is 0 Å². The first kappa shape index (κ1) is 19.2. The van der Waals surface area contributed by atoms with E-state index in [1.165, 1.54) is 0 Å². The van der Waals surface area contributed by atoms with E-state index in [0.717, 1.165) is 29.8 Å². The Morgan fingerprint density at radius 1 is 1.00 bits per heavy atom. The normalized spacial score (nSPS) is 19.6. The number of amides is 3. The van der Waals surface area contributed by atoms with Crippen LogP contribution in [0, 0.1) is 12.8 Å². The monoisotopic (exact) mass is 391 g/mol. The summed E-state index contributed by atoms with van der Waals surface area (Å²) in [5.74, 6) is -0.483. The number of piperidine rings is 1. The fraction of sp³-hybridized carbons (Fsp3) is 0.348. The lowest BCUT2D eigenvalue weighted by Crippen LogP contribution is -2.35. The number of rotatable bonds is 4. The summed E-state index contributed by atoms with van der Waals surface area (Å²) in [7, 11) is 0. The van der Waals surface area contributed by atoms with Crippen LogP contribution in [0.1, 0.15) is 31.2 Å². The predicted molar refractivity (Wildman–Crippen MR) is 113 cm³/mol. The summed E-state index contributed by atoms with van der Waals surface area (Å²) in [4.78, 5) is 41.0. The SMILES string of the molecule is Cc1ccc(NC(=O)C2CC(=O)N(c3ccccc3)C2)cc1N1CCCCC1=O. The largest absolute Gasteiger partial charge is 0.326 e. The molecule has 6 heteroatoms. The van der Waals surface area contributed by atoms with Gasteiger partial charge in [-0.1, -0.05) is 24.3 Å². The second-order valence-corrected chi connectivity index (χ2v) is 7.73. The van der Waals surface area contributed by atoms with Crippen molar-refractivity contribution in [2.45, 2.75) is 32.6 Å². The number of carbonyl (C=O) groups is 3. The minimum absolute atomic E-state index is 0.0418. The standard InChI is InChI=1S/C23H25N3O3/c1-16-10-11-18(14-20(16)25-12-6-5-9-21(25)27)24-23(29)17-13-22(28)26(15-17)19-7-3-2-4-8-19/h2-4,7-8,10-11,14,17H,5-6,9,12-13,15H2,1H3,(H,24,29). The predicted octanol–water partition coefficient (Wildman–Crippen LogP) is 3.50. The van der Waals surface area contributed by atoms with E-state index in [9.17, 15) is 14.4 Å². The number of nitrogens with zero attached hydrogens (tertiary/aromatic N) is 2. The first-order valence-corrected chi connectivity index (χ1v) is 10.1. The summed E-state index contributed by atoms with van der Waals surface area (Å²) in [5.41, 5.74) is 3.32. The Hall–Kier alpha value is -3.15. The van der Waals surface area contributed by atoms with E-state index in [2.05, 4.69) is 5.32 Å². The number of aryl methyl sites for hydroxylation is 1. The summed E-state index contributed by atoms with van der Waals surface area (Å²) in [6.07, 6.45) is 2.68. The number of para-hydroxylation sites is 1. The second kappa shape index (κ2) is 8.07. The summed E-state index contributed by atoms with van der Waals surface area (Å²) in [5, 5.41) is 2.94. The van der Waals surface area contributed by atoms with Crippen LogP contribution in [-0.2, 0) is 14.4 Å². The van der Waals surface area contributed by atoms with Crippen molar-refractivity contribution >= 4 is 34.8 Å². The van der Waals surface area contributed by atoms with Crippen LogP contribution in [0.25, 0.3) is 0 Å². The molecular formula is C23H25N3O3. The molecular weight excluding hydrogens is 366 g/mol. The van der Waals surface area contributed by atoms with Crippen LogP contribution in [-0.4, -0.2) is 30.8 Å². The van der Waals surface area contributed by atoms with Crippen molar-refractivity contribution in [3.05, 3.63) is 54.1 Å². The maximum Gasteiger partial charge on any atom is 0.229 e. The highest BCUT2D eigenvalue weighted by atomic mass is 16.2. The van der Waals surface area contributed by atoms with Gasteiger partial charge >= 0.3 is 0 Å². The summed E-state index contributed by atoms with van der Waals surface area (Å²) < 4.78 is 0. The fourth-order valence-corrected chi connectivity index (χ4v) is 4.02. The molecule has 0 bridgehead atoms. The van der Waals surface area contributed by atoms with Gasteiger partial charge in [0.2, 0.25) is 17.7 Å². The van der Waals surface area contributed by atoms with E-state index in [-0.39, 0.29) is 24.1 Å². The van der Waals surface area contributed by atoms with Gasteiger partial charge in [-0.2, -0.15) is 0 Å². The van der Waals surface area contributed by atoms with Gasteiger partial charge in [0.1, 0.15) is 0 Å². The molecule has 2 aromatic carbocycles. The minimum Gasteiger partial charge on any atom is -0.326 e. The minimum atomic E-state index is -0.399. The number of benzene rings is 2. The Balaban J connectivity index is 1.47. The van der Waals surface area contributed by atoms with E-state index in [0.29, 0.717) is 25.2 Å². The molecule has 1 atom stereocenters. The van der Waals surface area contributed by atoms with Crippen LogP contribution >= 0.6 is 0 Å². The molecule has 29 heavy (non-hydrogen) atoms. The molecule has 6 nitrogen and oxygen atoms in total. The number of hydrogen-bond acceptors (Lipinski definition) is 3. The lowest BCUT2D eigenvalue weighted by Gasteiger charge is -2.28. The van der Waals surface area contributed by atoms with Gasteiger partial charge in [-0.25, -0.2) is 0 Å². The molecule has 2 aliphatic rings. The van der Waals surface area contributed by atoms with E-state index >= 15 is 0 Å². The number of carbonyl (C=O) groups excluding carboxylic acids is 3. The topological polar surface area (TPSA) is 69.7 Å². The van der Waals surface area contributed by atoms with Gasteiger partial charge in [0.25, 0.3) is 0 Å². The fourth-order valence-electron chi connectivity index (χ4n) is 4.02. The lowest BCUT2D eigenvalue weighted by molar-refractivity contribution is -0.122. The number of anilines is 3. The Labute approximate surface area is 170 Å². The molecule has 4 rings (SSSR count). The molecule has 0 aliphatic carbocycles. The van der Waals surface area contributed by atoms with E-state index < -0.39 is 5.92 Å². The van der Waals surface area contributed by atoms with Gasteiger partial charge in [0.15, 0.2) is 0 Å².